The fourth-order valence-electron chi connectivity index (χ4n) is 1.36. The van der Waals surface area contributed by atoms with E-state index < -0.39 is 9.84 Å². The van der Waals surface area contributed by atoms with Crippen LogP contribution >= 0.6 is 11.6 Å². The van der Waals surface area contributed by atoms with Crippen LogP contribution < -0.4 is 0 Å². The lowest BCUT2D eigenvalue weighted by atomic mass is 10.2. The zero-order chi connectivity index (χ0) is 10.9. The van der Waals surface area contributed by atoms with E-state index in [2.05, 4.69) is 0 Å². The molecule has 1 fully saturated rings. The third kappa shape index (κ3) is 3.19. The zero-order valence-electron chi connectivity index (χ0n) is 8.02. The average molecular weight is 247 g/mol. The molecule has 0 bridgehead atoms. The van der Waals surface area contributed by atoms with Gasteiger partial charge in [0.2, 0.25) is 0 Å². The highest BCUT2D eigenvalue weighted by Gasteiger charge is 2.29. The van der Waals surface area contributed by atoms with Gasteiger partial charge in [-0.25, -0.2) is 8.42 Å². The molecule has 0 aromatic heterocycles. The van der Waals surface area contributed by atoms with Crippen LogP contribution in [0.15, 0.2) is 24.3 Å². The molecular weight excluding hydrogens is 236 g/mol. The van der Waals surface area contributed by atoms with E-state index >= 15 is 0 Å². The molecule has 0 saturated carbocycles. The summed E-state index contributed by atoms with van der Waals surface area (Å²) in [5.41, 5.74) is 0.653. The largest absolute Gasteiger partial charge is 0.372 e. The number of rotatable bonds is 4. The van der Waals surface area contributed by atoms with Gasteiger partial charge in [-0.05, 0) is 11.6 Å². The Balaban J connectivity index is 2.10. The van der Waals surface area contributed by atoms with Gasteiger partial charge in [-0.3, -0.25) is 0 Å². The van der Waals surface area contributed by atoms with E-state index in [9.17, 15) is 8.42 Å². The summed E-state index contributed by atoms with van der Waals surface area (Å²) in [6, 6.07) is 6.99. The summed E-state index contributed by atoms with van der Waals surface area (Å²) in [5, 5.41) is 0.498. The van der Waals surface area contributed by atoms with E-state index in [1.54, 1.807) is 24.3 Å². The Kier molecular flexibility index (Phi) is 3.00. The third-order valence-electron chi connectivity index (χ3n) is 2.18. The first-order valence-electron chi connectivity index (χ1n) is 4.62. The van der Waals surface area contributed by atoms with Crippen molar-refractivity contribution in [3.63, 3.8) is 0 Å². The topological polar surface area (TPSA) is 46.7 Å². The van der Waals surface area contributed by atoms with Crippen LogP contribution in [0.5, 0.6) is 0 Å². The van der Waals surface area contributed by atoms with Gasteiger partial charge in [0, 0.05) is 5.02 Å². The van der Waals surface area contributed by atoms with Crippen LogP contribution in [0.25, 0.3) is 0 Å². The molecule has 5 heteroatoms. The van der Waals surface area contributed by atoms with Crippen LogP contribution in [0.2, 0.25) is 5.02 Å². The van der Waals surface area contributed by atoms with Crippen molar-refractivity contribution in [1.29, 1.82) is 0 Å². The van der Waals surface area contributed by atoms with Crippen molar-refractivity contribution in [2.45, 2.75) is 11.9 Å². The van der Waals surface area contributed by atoms with Gasteiger partial charge < -0.3 is 4.74 Å². The Hall–Kier alpha value is -0.580. The zero-order valence-corrected chi connectivity index (χ0v) is 9.59. The second-order valence-corrected chi connectivity index (χ2v) is 6.12. The van der Waals surface area contributed by atoms with Crippen molar-refractivity contribution in [1.82, 2.24) is 0 Å². The molecule has 1 aromatic carbocycles. The monoisotopic (exact) mass is 246 g/mol. The predicted molar refractivity (Wildman–Crippen MR) is 58.7 cm³/mol. The Labute approximate surface area is 93.9 Å². The maximum Gasteiger partial charge on any atom is 0.157 e. The van der Waals surface area contributed by atoms with Gasteiger partial charge in [-0.15, -0.1) is 0 Å². The number of hydrogen-bond donors (Lipinski definition) is 0. The molecule has 1 aliphatic heterocycles. The van der Waals surface area contributed by atoms with Gasteiger partial charge in [0.15, 0.2) is 9.84 Å². The maximum atomic E-state index is 11.7. The molecule has 1 atom stereocenters. The number of epoxide rings is 1. The molecular formula is C10H11ClO3S. The number of sulfone groups is 1. The van der Waals surface area contributed by atoms with Crippen LogP contribution in [0.1, 0.15) is 5.56 Å². The minimum absolute atomic E-state index is 0.00741. The van der Waals surface area contributed by atoms with E-state index in [-0.39, 0.29) is 17.6 Å². The first-order valence-corrected chi connectivity index (χ1v) is 6.82. The summed E-state index contributed by atoms with van der Waals surface area (Å²) >= 11 is 5.89. The van der Waals surface area contributed by atoms with E-state index in [0.29, 0.717) is 17.2 Å². The highest BCUT2D eigenvalue weighted by Crippen LogP contribution is 2.20. The van der Waals surface area contributed by atoms with E-state index in [4.69, 9.17) is 16.3 Å². The molecule has 1 unspecified atom stereocenters. The van der Waals surface area contributed by atoms with Crippen molar-refractivity contribution in [3.8, 4) is 0 Å². The Morgan fingerprint density at radius 2 is 2.07 bits per heavy atom. The lowest BCUT2D eigenvalue weighted by molar-refractivity contribution is 0.422. The predicted octanol–water partition coefficient (Wildman–Crippen LogP) is 1.65. The van der Waals surface area contributed by atoms with Gasteiger partial charge in [-0.1, -0.05) is 29.8 Å². The lowest BCUT2D eigenvalue weighted by Gasteiger charge is -2.04. The first kappa shape index (κ1) is 10.9. The van der Waals surface area contributed by atoms with Gasteiger partial charge in [0.1, 0.15) is 0 Å². The number of halogens is 1. The maximum absolute atomic E-state index is 11.7. The van der Waals surface area contributed by atoms with Crippen LogP contribution in [0.4, 0.5) is 0 Å². The summed E-state index contributed by atoms with van der Waals surface area (Å²) in [7, 11) is -3.10. The molecule has 0 spiro atoms. The van der Waals surface area contributed by atoms with E-state index in [0.717, 1.165) is 0 Å². The Bertz CT molecular complexity index is 451. The molecule has 0 aliphatic carbocycles. The van der Waals surface area contributed by atoms with Gasteiger partial charge in [0.05, 0.1) is 24.2 Å². The standard InChI is InChI=1S/C10H11ClO3S/c11-10-4-2-1-3-8(10)6-15(12,13)7-9-5-14-9/h1-4,9H,5-7H2. The second kappa shape index (κ2) is 4.12. The summed E-state index contributed by atoms with van der Waals surface area (Å²) in [6.45, 7) is 0.557. The van der Waals surface area contributed by atoms with Crippen molar-refractivity contribution in [2.75, 3.05) is 12.4 Å². The number of hydrogen-bond acceptors (Lipinski definition) is 3. The molecule has 82 valence electrons. The van der Waals surface area contributed by atoms with Crippen LogP contribution in [-0.2, 0) is 20.3 Å². The normalized spacial score (nSPS) is 20.2. The molecule has 1 aromatic rings. The van der Waals surface area contributed by atoms with Crippen molar-refractivity contribution in [3.05, 3.63) is 34.9 Å². The van der Waals surface area contributed by atoms with Crippen LogP contribution in [0.3, 0.4) is 0 Å². The molecule has 1 aliphatic rings. The molecule has 1 saturated heterocycles. The van der Waals surface area contributed by atoms with E-state index in [1.165, 1.54) is 0 Å². The molecule has 15 heavy (non-hydrogen) atoms. The van der Waals surface area contributed by atoms with Crippen molar-refractivity contribution >= 4 is 21.4 Å². The molecule has 0 amide bonds. The smallest absolute Gasteiger partial charge is 0.157 e. The first-order chi connectivity index (χ1) is 7.07. The minimum atomic E-state index is -3.10. The molecule has 1 heterocycles. The molecule has 0 radical (unpaired) electrons. The molecule has 0 N–H and O–H groups in total. The summed E-state index contributed by atoms with van der Waals surface area (Å²) in [5.74, 6) is 0.0881. The second-order valence-electron chi connectivity index (χ2n) is 3.60. The van der Waals surface area contributed by atoms with Gasteiger partial charge in [-0.2, -0.15) is 0 Å². The highest BCUT2D eigenvalue weighted by molar-refractivity contribution is 7.90. The van der Waals surface area contributed by atoms with Gasteiger partial charge >= 0.3 is 0 Å². The third-order valence-corrected chi connectivity index (χ3v) is 4.17. The van der Waals surface area contributed by atoms with Crippen LogP contribution in [0, 0.1) is 0 Å². The van der Waals surface area contributed by atoms with Crippen molar-refractivity contribution in [2.24, 2.45) is 0 Å². The lowest BCUT2D eigenvalue weighted by Crippen LogP contribution is -2.13. The fraction of sp³-hybridized carbons (Fsp3) is 0.400. The average Bonchev–Trinajstić information content (AvgIpc) is 2.91. The molecule has 3 nitrogen and oxygen atoms in total. The van der Waals surface area contributed by atoms with E-state index in [1.807, 2.05) is 0 Å². The molecule has 2 rings (SSSR count). The number of benzene rings is 1. The quantitative estimate of drug-likeness (QED) is 0.759. The highest BCUT2D eigenvalue weighted by atomic mass is 35.5. The summed E-state index contributed by atoms with van der Waals surface area (Å²) in [6.07, 6.45) is -0.0995. The number of ether oxygens (including phenoxy) is 1. The van der Waals surface area contributed by atoms with Crippen LogP contribution in [-0.4, -0.2) is 26.9 Å². The summed E-state index contributed by atoms with van der Waals surface area (Å²) in [4.78, 5) is 0. The SMILES string of the molecule is O=S(=O)(Cc1ccccc1Cl)CC1CO1. The Morgan fingerprint density at radius 3 is 2.67 bits per heavy atom. The van der Waals surface area contributed by atoms with Gasteiger partial charge in [0.25, 0.3) is 0 Å². The Morgan fingerprint density at radius 1 is 1.40 bits per heavy atom. The summed E-state index contributed by atoms with van der Waals surface area (Å²) < 4.78 is 28.2. The fourth-order valence-corrected chi connectivity index (χ4v) is 3.24. The van der Waals surface area contributed by atoms with Crippen molar-refractivity contribution < 1.29 is 13.2 Å². The minimum Gasteiger partial charge on any atom is -0.372 e.